The SMILES string of the molecule is CC(=O)SCc1nc(/C=C(\C)[C@@H]2C[C@@H]3O[C@]3(C)CCC[C@H](C)[C@H](O)[C@@H](C)C(=O)C(C)(C)[C@@H](O)CC(=O)O2)cs1. The molecule has 1 aromatic heterocycles. The van der Waals surface area contributed by atoms with Crippen LogP contribution in [0.5, 0.6) is 0 Å². The van der Waals surface area contributed by atoms with Crippen molar-refractivity contribution in [2.45, 2.75) is 116 Å². The van der Waals surface area contributed by atoms with Gasteiger partial charge in [-0.05, 0) is 44.3 Å². The maximum Gasteiger partial charge on any atom is 0.309 e. The second-order valence-corrected chi connectivity index (χ2v) is 14.0. The van der Waals surface area contributed by atoms with Crippen LogP contribution in [0.2, 0.25) is 0 Å². The van der Waals surface area contributed by atoms with Gasteiger partial charge in [0, 0.05) is 24.6 Å². The molecule has 3 heterocycles. The van der Waals surface area contributed by atoms with Gasteiger partial charge in [0.05, 0.1) is 47.2 Å². The van der Waals surface area contributed by atoms with E-state index in [0.29, 0.717) is 12.2 Å². The Bertz CT molecular complexity index is 1080. The van der Waals surface area contributed by atoms with Gasteiger partial charge in [-0.1, -0.05) is 45.9 Å². The average Bonchev–Trinajstić information content (AvgIpc) is 3.27. The minimum Gasteiger partial charge on any atom is -0.458 e. The van der Waals surface area contributed by atoms with Crippen LogP contribution in [0.4, 0.5) is 0 Å². The molecule has 0 bridgehead atoms. The van der Waals surface area contributed by atoms with Gasteiger partial charge in [-0.25, -0.2) is 4.98 Å². The number of Topliss-reactive ketones (excluding diaryl/α,β-unsaturated/α-hetero) is 1. The normalized spacial score (nSPS) is 34.7. The molecule has 0 aliphatic carbocycles. The number of ketones is 1. The molecule has 2 fully saturated rings. The number of epoxide rings is 1. The highest BCUT2D eigenvalue weighted by Crippen LogP contribution is 2.45. The Morgan fingerprint density at radius 2 is 1.92 bits per heavy atom. The number of ether oxygens (including phenoxy) is 2. The molecule has 2 aliphatic heterocycles. The molecule has 218 valence electrons. The highest BCUT2D eigenvalue weighted by atomic mass is 32.2. The Morgan fingerprint density at radius 3 is 2.59 bits per heavy atom. The summed E-state index contributed by atoms with van der Waals surface area (Å²) in [5.74, 6) is -1.13. The number of aromatic nitrogens is 1. The van der Waals surface area contributed by atoms with E-state index in [1.54, 1.807) is 20.8 Å². The lowest BCUT2D eigenvalue weighted by atomic mass is 9.73. The first-order valence-electron chi connectivity index (χ1n) is 13.7. The van der Waals surface area contributed by atoms with Crippen molar-refractivity contribution in [2.75, 3.05) is 0 Å². The standard InChI is InChI=1S/C29H43NO7S2/c1-16-9-8-10-29(7)23(37-29)12-21(17(2)11-20-14-39-24(30-20)15-38-19(4)31)36-25(33)13-22(32)28(5,6)27(35)18(3)26(16)34/h11,14,16,18,21-23,26,32,34H,8-10,12-13,15H2,1-7H3/b17-11+/t16-,18+,21-,22-,23-,26-,29+/m0/s1. The summed E-state index contributed by atoms with van der Waals surface area (Å²) < 4.78 is 12.0. The molecule has 7 atom stereocenters. The van der Waals surface area contributed by atoms with Gasteiger partial charge in [0.1, 0.15) is 16.9 Å². The fourth-order valence-electron chi connectivity index (χ4n) is 5.24. The fourth-order valence-corrected chi connectivity index (χ4v) is 6.62. The number of fused-ring (bicyclic) bond motifs is 1. The van der Waals surface area contributed by atoms with E-state index < -0.39 is 35.6 Å². The summed E-state index contributed by atoms with van der Waals surface area (Å²) in [4.78, 5) is 42.2. The Balaban J connectivity index is 1.83. The number of thioether (sulfide) groups is 1. The second-order valence-electron chi connectivity index (χ2n) is 11.9. The number of esters is 1. The second kappa shape index (κ2) is 12.9. The first kappa shape index (κ1) is 31.9. The molecule has 0 saturated carbocycles. The predicted molar refractivity (Wildman–Crippen MR) is 153 cm³/mol. The van der Waals surface area contributed by atoms with Crippen LogP contribution >= 0.6 is 23.1 Å². The number of nitrogens with zero attached hydrogens (tertiary/aromatic N) is 1. The third-order valence-electron chi connectivity index (χ3n) is 8.26. The molecule has 0 radical (unpaired) electrons. The van der Waals surface area contributed by atoms with E-state index in [1.807, 2.05) is 25.3 Å². The van der Waals surface area contributed by atoms with Crippen molar-refractivity contribution in [1.29, 1.82) is 0 Å². The molecule has 10 heteroatoms. The zero-order chi connectivity index (χ0) is 29.1. The lowest BCUT2D eigenvalue weighted by molar-refractivity contribution is -0.154. The summed E-state index contributed by atoms with van der Waals surface area (Å²) in [5, 5.41) is 24.6. The molecule has 0 amide bonds. The Hall–Kier alpha value is -1.59. The van der Waals surface area contributed by atoms with Crippen LogP contribution in [-0.2, 0) is 29.6 Å². The minimum absolute atomic E-state index is 0.0380. The van der Waals surface area contributed by atoms with Crippen LogP contribution in [0.1, 0.15) is 91.3 Å². The van der Waals surface area contributed by atoms with E-state index >= 15 is 0 Å². The van der Waals surface area contributed by atoms with Crippen molar-refractivity contribution in [3.63, 3.8) is 0 Å². The summed E-state index contributed by atoms with van der Waals surface area (Å²) in [5.41, 5.74) is -0.0436. The third kappa shape index (κ3) is 8.22. The molecule has 1 aromatic rings. The van der Waals surface area contributed by atoms with Crippen molar-refractivity contribution < 1.29 is 34.1 Å². The monoisotopic (exact) mass is 581 g/mol. The van der Waals surface area contributed by atoms with Crippen molar-refractivity contribution in [3.05, 3.63) is 21.7 Å². The molecular weight excluding hydrogens is 538 g/mol. The van der Waals surface area contributed by atoms with Crippen LogP contribution in [-0.4, -0.2) is 62.1 Å². The zero-order valence-electron chi connectivity index (χ0n) is 24.1. The van der Waals surface area contributed by atoms with Crippen molar-refractivity contribution in [1.82, 2.24) is 4.98 Å². The quantitative estimate of drug-likeness (QED) is 0.375. The summed E-state index contributed by atoms with van der Waals surface area (Å²) in [7, 11) is 0. The maximum atomic E-state index is 13.3. The summed E-state index contributed by atoms with van der Waals surface area (Å²) in [6.45, 7) is 12.3. The summed E-state index contributed by atoms with van der Waals surface area (Å²) >= 11 is 2.68. The van der Waals surface area contributed by atoms with E-state index in [1.165, 1.54) is 30.0 Å². The summed E-state index contributed by atoms with van der Waals surface area (Å²) in [6, 6.07) is 0. The van der Waals surface area contributed by atoms with Gasteiger partial charge in [-0.15, -0.1) is 11.3 Å². The topological polar surface area (TPSA) is 126 Å². The number of aliphatic hydroxyl groups excluding tert-OH is 2. The van der Waals surface area contributed by atoms with Gasteiger partial charge in [0.25, 0.3) is 0 Å². The number of hydrogen-bond donors (Lipinski definition) is 2. The molecule has 3 rings (SSSR count). The van der Waals surface area contributed by atoms with E-state index in [0.717, 1.165) is 35.5 Å². The lowest BCUT2D eigenvalue weighted by Gasteiger charge is -2.34. The highest BCUT2D eigenvalue weighted by Gasteiger charge is 2.53. The smallest absolute Gasteiger partial charge is 0.309 e. The number of carbonyl (C=O) groups is 3. The van der Waals surface area contributed by atoms with Crippen molar-refractivity contribution in [2.24, 2.45) is 17.3 Å². The fraction of sp³-hybridized carbons (Fsp3) is 0.724. The molecule has 39 heavy (non-hydrogen) atoms. The minimum atomic E-state index is -1.26. The van der Waals surface area contributed by atoms with E-state index in [2.05, 4.69) is 11.9 Å². The van der Waals surface area contributed by atoms with Crippen LogP contribution in [0.25, 0.3) is 6.08 Å². The Morgan fingerprint density at radius 1 is 1.23 bits per heavy atom. The van der Waals surface area contributed by atoms with Gasteiger partial charge in [-0.2, -0.15) is 0 Å². The number of aliphatic hydroxyl groups is 2. The lowest BCUT2D eigenvalue weighted by Crippen LogP contribution is -2.45. The van der Waals surface area contributed by atoms with E-state index in [9.17, 15) is 24.6 Å². The largest absolute Gasteiger partial charge is 0.458 e. The predicted octanol–water partition coefficient (Wildman–Crippen LogP) is 4.95. The summed E-state index contributed by atoms with van der Waals surface area (Å²) in [6.07, 6.45) is 1.61. The zero-order valence-corrected chi connectivity index (χ0v) is 25.7. The van der Waals surface area contributed by atoms with Gasteiger partial charge >= 0.3 is 5.97 Å². The van der Waals surface area contributed by atoms with E-state index in [-0.39, 0.29) is 34.9 Å². The molecule has 0 aromatic carbocycles. The van der Waals surface area contributed by atoms with Gasteiger partial charge < -0.3 is 19.7 Å². The Kier molecular flexibility index (Phi) is 10.6. The van der Waals surface area contributed by atoms with E-state index in [4.69, 9.17) is 9.47 Å². The van der Waals surface area contributed by atoms with Gasteiger partial charge in [-0.3, -0.25) is 14.4 Å². The van der Waals surface area contributed by atoms with Crippen LogP contribution in [0, 0.1) is 17.3 Å². The molecule has 0 spiro atoms. The molecule has 2 aliphatic rings. The van der Waals surface area contributed by atoms with Gasteiger partial charge in [0.15, 0.2) is 5.12 Å². The third-order valence-corrected chi connectivity index (χ3v) is 10.1. The Labute approximate surface area is 240 Å². The number of cyclic esters (lactones) is 1. The highest BCUT2D eigenvalue weighted by molar-refractivity contribution is 8.12. The molecule has 0 unspecified atom stereocenters. The maximum absolute atomic E-state index is 13.3. The molecule has 2 N–H and O–H groups in total. The first-order chi connectivity index (χ1) is 18.1. The number of carbonyl (C=O) groups excluding carboxylic acids is 3. The molecule has 2 saturated heterocycles. The number of hydrogen-bond acceptors (Lipinski definition) is 10. The number of thiazole rings is 1. The van der Waals surface area contributed by atoms with Crippen molar-refractivity contribution >= 4 is 46.0 Å². The van der Waals surface area contributed by atoms with Crippen LogP contribution < -0.4 is 0 Å². The average molecular weight is 582 g/mol. The van der Waals surface area contributed by atoms with Crippen LogP contribution in [0.3, 0.4) is 0 Å². The van der Waals surface area contributed by atoms with Gasteiger partial charge in [0.2, 0.25) is 0 Å². The molecular formula is C29H43NO7S2. The van der Waals surface area contributed by atoms with Crippen LogP contribution in [0.15, 0.2) is 11.0 Å². The van der Waals surface area contributed by atoms with Crippen molar-refractivity contribution in [3.8, 4) is 0 Å². The number of rotatable bonds is 4. The molecule has 8 nitrogen and oxygen atoms in total. The first-order valence-corrected chi connectivity index (χ1v) is 15.5.